The summed E-state index contributed by atoms with van der Waals surface area (Å²) in [5.41, 5.74) is -0.0788. The fraction of sp³-hybridized carbons (Fsp3) is 0.684. The van der Waals surface area contributed by atoms with Gasteiger partial charge in [-0.25, -0.2) is 8.42 Å². The van der Waals surface area contributed by atoms with E-state index >= 15 is 0 Å². The van der Waals surface area contributed by atoms with Crippen molar-refractivity contribution in [1.29, 1.82) is 0 Å². The second-order valence-corrected chi connectivity index (χ2v) is 10.00. The third-order valence-electron chi connectivity index (χ3n) is 6.00. The molecule has 2 aliphatic rings. The number of non-ortho nitro benzene ring substituents is 1. The molecule has 2 aliphatic heterocycles. The number of nitrogens with zero attached hydrogens (tertiary/aromatic N) is 1. The molecule has 0 aliphatic carbocycles. The van der Waals surface area contributed by atoms with Crippen LogP contribution in [0.4, 0.5) is 5.69 Å². The molecule has 2 fully saturated rings. The summed E-state index contributed by atoms with van der Waals surface area (Å²) in [5, 5.41) is 10.8. The molecule has 0 aromatic heterocycles. The van der Waals surface area contributed by atoms with Crippen LogP contribution in [0.25, 0.3) is 0 Å². The first-order valence-electron chi connectivity index (χ1n) is 10.1. The predicted molar refractivity (Wildman–Crippen MR) is 103 cm³/mol. The molecule has 0 amide bonds. The van der Waals surface area contributed by atoms with Crippen LogP contribution in [-0.2, 0) is 9.84 Å². The molecule has 0 bridgehead atoms. The van der Waals surface area contributed by atoms with E-state index in [1.54, 1.807) is 0 Å². The predicted octanol–water partition coefficient (Wildman–Crippen LogP) is -0.125. The van der Waals surface area contributed by atoms with Crippen molar-refractivity contribution in [2.75, 3.05) is 38.5 Å². The van der Waals surface area contributed by atoms with Gasteiger partial charge in [-0.15, -0.1) is 0 Å². The van der Waals surface area contributed by atoms with Gasteiger partial charge in [0.2, 0.25) is 0 Å². The standard InChI is InChI=1S/C19H29N3O4S/c23-22(24)17-7-9-19(10-8-17)27(25,26)16-18(21-13-5-2-6-14-21)15-20-11-3-1-4-12-20/h7-10,18H,1-6,11-16H2/p+2/t18-/m0/s1. The summed E-state index contributed by atoms with van der Waals surface area (Å²) < 4.78 is 26.0. The van der Waals surface area contributed by atoms with Crippen LogP contribution in [0.3, 0.4) is 0 Å². The number of likely N-dealkylation sites (tertiary alicyclic amines) is 2. The second-order valence-electron chi connectivity index (χ2n) is 7.96. The highest BCUT2D eigenvalue weighted by Crippen LogP contribution is 2.17. The van der Waals surface area contributed by atoms with Crippen LogP contribution in [0.5, 0.6) is 0 Å². The molecule has 27 heavy (non-hydrogen) atoms. The first-order valence-corrected chi connectivity index (χ1v) is 11.8. The summed E-state index contributed by atoms with van der Waals surface area (Å²) in [6, 6.07) is 5.42. The summed E-state index contributed by atoms with van der Waals surface area (Å²) >= 11 is 0. The Morgan fingerprint density at radius 2 is 1.48 bits per heavy atom. The van der Waals surface area contributed by atoms with E-state index in [1.165, 1.54) is 72.6 Å². The molecule has 1 aromatic carbocycles. The highest BCUT2D eigenvalue weighted by molar-refractivity contribution is 7.91. The normalized spacial score (nSPS) is 21.0. The highest BCUT2D eigenvalue weighted by atomic mass is 32.2. The van der Waals surface area contributed by atoms with Crippen molar-refractivity contribution < 1.29 is 23.1 Å². The summed E-state index contributed by atoms with van der Waals surface area (Å²) in [5.74, 6) is 0.129. The maximum Gasteiger partial charge on any atom is 0.269 e. The van der Waals surface area contributed by atoms with Gasteiger partial charge in [-0.3, -0.25) is 10.1 Å². The van der Waals surface area contributed by atoms with Crippen molar-refractivity contribution in [2.24, 2.45) is 0 Å². The molecule has 0 spiro atoms. The number of nitro benzene ring substituents is 1. The van der Waals surface area contributed by atoms with E-state index in [-0.39, 0.29) is 22.4 Å². The lowest BCUT2D eigenvalue weighted by Crippen LogP contribution is -3.24. The average Bonchev–Trinajstić information content (AvgIpc) is 2.69. The van der Waals surface area contributed by atoms with Gasteiger partial charge in [0.1, 0.15) is 12.3 Å². The van der Waals surface area contributed by atoms with Gasteiger partial charge in [0.15, 0.2) is 15.9 Å². The smallest absolute Gasteiger partial charge is 0.269 e. The van der Waals surface area contributed by atoms with E-state index in [1.807, 2.05) is 0 Å². The molecule has 2 saturated heterocycles. The SMILES string of the molecule is O=[N+]([O-])c1ccc(S(=O)(=O)C[C@H](C[NH+]2CCCCC2)[NH+]2CCCCC2)cc1. The zero-order chi connectivity index (χ0) is 19.3. The van der Waals surface area contributed by atoms with Gasteiger partial charge in [0, 0.05) is 12.1 Å². The zero-order valence-electron chi connectivity index (χ0n) is 15.9. The molecule has 0 unspecified atom stereocenters. The Bertz CT molecular complexity index is 724. The van der Waals surface area contributed by atoms with Gasteiger partial charge >= 0.3 is 0 Å². The van der Waals surface area contributed by atoms with Crippen LogP contribution in [0.15, 0.2) is 29.2 Å². The van der Waals surface area contributed by atoms with Crippen molar-refractivity contribution in [3.8, 4) is 0 Å². The second kappa shape index (κ2) is 9.12. The summed E-state index contributed by atoms with van der Waals surface area (Å²) in [6.07, 6.45) is 7.31. The molecule has 150 valence electrons. The minimum Gasteiger partial charge on any atom is -0.330 e. The minimum atomic E-state index is -3.46. The first kappa shape index (κ1) is 20.2. The zero-order valence-corrected chi connectivity index (χ0v) is 16.7. The average molecular weight is 398 g/mol. The van der Waals surface area contributed by atoms with E-state index in [0.29, 0.717) is 0 Å². The number of hydrogen-bond donors (Lipinski definition) is 2. The van der Waals surface area contributed by atoms with Gasteiger partial charge in [-0.1, -0.05) is 0 Å². The molecular formula is C19H31N3O4S+2. The van der Waals surface area contributed by atoms with E-state index < -0.39 is 14.8 Å². The van der Waals surface area contributed by atoms with Crippen molar-refractivity contribution in [3.63, 3.8) is 0 Å². The number of hydrogen-bond acceptors (Lipinski definition) is 4. The molecule has 3 rings (SSSR count). The van der Waals surface area contributed by atoms with Crippen LogP contribution in [0.2, 0.25) is 0 Å². The summed E-state index contributed by atoms with van der Waals surface area (Å²) in [7, 11) is -3.46. The van der Waals surface area contributed by atoms with Crippen LogP contribution < -0.4 is 9.80 Å². The third-order valence-corrected chi connectivity index (χ3v) is 7.83. The lowest BCUT2D eigenvalue weighted by atomic mass is 10.1. The number of sulfone groups is 1. The van der Waals surface area contributed by atoms with Crippen LogP contribution >= 0.6 is 0 Å². The minimum absolute atomic E-state index is 0.0788. The number of benzene rings is 1. The Labute approximate surface area is 161 Å². The third kappa shape index (κ3) is 5.49. The van der Waals surface area contributed by atoms with E-state index in [0.717, 1.165) is 32.7 Å². The Kier molecular flexibility index (Phi) is 6.83. The largest absolute Gasteiger partial charge is 0.330 e. The van der Waals surface area contributed by atoms with Crippen LogP contribution in [0, 0.1) is 10.1 Å². The number of rotatable bonds is 7. The molecular weight excluding hydrogens is 366 g/mol. The van der Waals surface area contributed by atoms with E-state index in [9.17, 15) is 18.5 Å². The van der Waals surface area contributed by atoms with Crippen LogP contribution in [0.1, 0.15) is 38.5 Å². The Balaban J connectivity index is 1.75. The summed E-state index contributed by atoms with van der Waals surface area (Å²) in [4.78, 5) is 13.5. The van der Waals surface area contributed by atoms with Gasteiger partial charge in [-0.2, -0.15) is 0 Å². The lowest BCUT2D eigenvalue weighted by molar-refractivity contribution is -0.979. The highest BCUT2D eigenvalue weighted by Gasteiger charge is 2.34. The molecule has 1 aromatic rings. The van der Waals surface area contributed by atoms with E-state index in [4.69, 9.17) is 0 Å². The van der Waals surface area contributed by atoms with Crippen LogP contribution in [-0.4, -0.2) is 57.9 Å². The first-order chi connectivity index (χ1) is 13.0. The Morgan fingerprint density at radius 3 is 2.04 bits per heavy atom. The molecule has 2 heterocycles. The van der Waals surface area contributed by atoms with E-state index in [2.05, 4.69) is 0 Å². The van der Waals surface area contributed by atoms with Gasteiger partial charge < -0.3 is 9.80 Å². The molecule has 0 radical (unpaired) electrons. The van der Waals surface area contributed by atoms with Gasteiger partial charge in [-0.05, 0) is 50.7 Å². The lowest BCUT2D eigenvalue weighted by Gasteiger charge is -2.34. The van der Waals surface area contributed by atoms with Crippen molar-refractivity contribution in [2.45, 2.75) is 49.5 Å². The maximum atomic E-state index is 13.0. The van der Waals surface area contributed by atoms with Crippen molar-refractivity contribution >= 4 is 15.5 Å². The molecule has 7 nitrogen and oxygen atoms in total. The fourth-order valence-electron chi connectivity index (χ4n) is 4.48. The Hall–Kier alpha value is -1.51. The van der Waals surface area contributed by atoms with Crippen molar-refractivity contribution in [3.05, 3.63) is 34.4 Å². The monoisotopic (exact) mass is 397 g/mol. The molecule has 2 N–H and O–H groups in total. The molecule has 0 saturated carbocycles. The quantitative estimate of drug-likeness (QED) is 0.496. The van der Waals surface area contributed by atoms with Gasteiger partial charge in [0.25, 0.3) is 5.69 Å². The molecule has 8 heteroatoms. The maximum absolute atomic E-state index is 13.0. The van der Waals surface area contributed by atoms with Crippen molar-refractivity contribution in [1.82, 2.24) is 0 Å². The number of piperidine rings is 2. The fourth-order valence-corrected chi connectivity index (χ4v) is 6.10. The number of nitrogens with one attached hydrogen (secondary N) is 2. The summed E-state index contributed by atoms with van der Waals surface area (Å²) in [6.45, 7) is 5.28. The van der Waals surface area contributed by atoms with Gasteiger partial charge in [0.05, 0.1) is 36.0 Å². The number of nitro groups is 1. The topological polar surface area (TPSA) is 86.2 Å². The molecule has 1 atom stereocenters. The Morgan fingerprint density at radius 1 is 0.926 bits per heavy atom. The number of quaternary nitrogens is 2.